The fraction of sp³-hybridized carbons (Fsp3) is 0.429. The molecule has 152 valence electrons. The molecule has 0 spiro atoms. The molecule has 0 aromatic heterocycles. The predicted molar refractivity (Wildman–Crippen MR) is 107 cm³/mol. The van der Waals surface area contributed by atoms with Gasteiger partial charge in [0, 0.05) is 6.54 Å². The molecule has 1 unspecified atom stereocenters. The number of hydrogen-bond acceptors (Lipinski definition) is 5. The Balaban J connectivity index is 1.86. The number of methoxy groups -OCH3 is 2. The zero-order chi connectivity index (χ0) is 20.5. The van der Waals surface area contributed by atoms with Crippen molar-refractivity contribution in [3.63, 3.8) is 0 Å². The normalized spacial score (nSPS) is 19.2. The summed E-state index contributed by atoms with van der Waals surface area (Å²) in [5, 5.41) is 11.2. The van der Waals surface area contributed by atoms with Crippen molar-refractivity contribution in [2.45, 2.75) is 43.6 Å². The quantitative estimate of drug-likeness (QED) is 0.772. The Morgan fingerprint density at radius 3 is 2.39 bits per heavy atom. The second-order valence-corrected chi connectivity index (χ2v) is 9.09. The summed E-state index contributed by atoms with van der Waals surface area (Å²) in [7, 11) is -0.610. The van der Waals surface area contributed by atoms with E-state index in [-0.39, 0.29) is 11.4 Å². The standard InChI is InChI=1S/C21H27NO5S/c1-14-10-18(11-15(2)20(14)27-4)28(24,25)22-13-21(23)9-5-6-16-12-17(26-3)7-8-19(16)21/h7-8,10-12,22-23H,5-6,9,13H2,1-4H3. The van der Waals surface area contributed by atoms with Gasteiger partial charge in [-0.3, -0.25) is 0 Å². The van der Waals surface area contributed by atoms with Crippen LogP contribution < -0.4 is 14.2 Å². The molecule has 3 rings (SSSR count). The minimum Gasteiger partial charge on any atom is -0.497 e. The highest BCUT2D eigenvalue weighted by atomic mass is 32.2. The van der Waals surface area contributed by atoms with Crippen LogP contribution in [0, 0.1) is 13.8 Å². The summed E-state index contributed by atoms with van der Waals surface area (Å²) >= 11 is 0. The van der Waals surface area contributed by atoms with E-state index in [1.807, 2.05) is 26.0 Å². The number of hydrogen-bond donors (Lipinski definition) is 2. The molecule has 0 aliphatic heterocycles. The predicted octanol–water partition coefficient (Wildman–Crippen LogP) is 2.82. The fourth-order valence-corrected chi connectivity index (χ4v) is 5.19. The molecule has 0 fully saturated rings. The van der Waals surface area contributed by atoms with Crippen molar-refractivity contribution in [2.24, 2.45) is 0 Å². The van der Waals surface area contributed by atoms with E-state index in [1.165, 1.54) is 0 Å². The first-order valence-corrected chi connectivity index (χ1v) is 10.7. The van der Waals surface area contributed by atoms with E-state index in [0.29, 0.717) is 12.2 Å². The van der Waals surface area contributed by atoms with E-state index >= 15 is 0 Å². The number of sulfonamides is 1. The van der Waals surface area contributed by atoms with Gasteiger partial charge < -0.3 is 14.6 Å². The lowest BCUT2D eigenvalue weighted by atomic mass is 9.79. The largest absolute Gasteiger partial charge is 0.497 e. The maximum atomic E-state index is 12.9. The van der Waals surface area contributed by atoms with Crippen LogP contribution in [-0.4, -0.2) is 34.3 Å². The number of benzene rings is 2. The zero-order valence-corrected chi connectivity index (χ0v) is 17.5. The Morgan fingerprint density at radius 2 is 1.79 bits per heavy atom. The molecular formula is C21H27NO5S. The number of ether oxygens (including phenoxy) is 2. The zero-order valence-electron chi connectivity index (χ0n) is 16.7. The highest BCUT2D eigenvalue weighted by Gasteiger charge is 2.36. The van der Waals surface area contributed by atoms with Gasteiger partial charge in [-0.25, -0.2) is 13.1 Å². The van der Waals surface area contributed by atoms with Crippen LogP contribution in [0.25, 0.3) is 0 Å². The van der Waals surface area contributed by atoms with Crippen LogP contribution in [0.15, 0.2) is 35.2 Å². The van der Waals surface area contributed by atoms with Crippen LogP contribution in [0.2, 0.25) is 0 Å². The van der Waals surface area contributed by atoms with E-state index in [0.717, 1.165) is 40.8 Å². The van der Waals surface area contributed by atoms with Gasteiger partial charge in [-0.2, -0.15) is 0 Å². The Bertz CT molecular complexity index is 963. The molecule has 1 atom stereocenters. The molecule has 2 aromatic rings. The molecule has 0 saturated carbocycles. The van der Waals surface area contributed by atoms with Gasteiger partial charge in [0.15, 0.2) is 0 Å². The summed E-state index contributed by atoms with van der Waals surface area (Å²) in [6.45, 7) is 3.53. The van der Waals surface area contributed by atoms with Gasteiger partial charge >= 0.3 is 0 Å². The fourth-order valence-electron chi connectivity index (χ4n) is 3.93. The highest BCUT2D eigenvalue weighted by Crippen LogP contribution is 2.37. The molecule has 0 radical (unpaired) electrons. The van der Waals surface area contributed by atoms with Crippen LogP contribution in [0.1, 0.15) is 35.1 Å². The van der Waals surface area contributed by atoms with Crippen molar-refractivity contribution >= 4 is 10.0 Å². The topological polar surface area (TPSA) is 84.9 Å². The Kier molecular flexibility index (Phi) is 5.70. The van der Waals surface area contributed by atoms with E-state index in [9.17, 15) is 13.5 Å². The Labute approximate surface area is 166 Å². The van der Waals surface area contributed by atoms with Crippen molar-refractivity contribution < 1.29 is 23.0 Å². The summed E-state index contributed by atoms with van der Waals surface area (Å²) in [6, 6.07) is 8.68. The monoisotopic (exact) mass is 405 g/mol. The van der Waals surface area contributed by atoms with Crippen molar-refractivity contribution in [3.8, 4) is 11.5 Å². The third-order valence-electron chi connectivity index (χ3n) is 5.35. The van der Waals surface area contributed by atoms with Crippen LogP contribution in [0.3, 0.4) is 0 Å². The number of rotatable bonds is 6. The lowest BCUT2D eigenvalue weighted by molar-refractivity contribution is 0.0242. The SMILES string of the molecule is COc1ccc2c(c1)CCCC2(O)CNS(=O)(=O)c1cc(C)c(OC)c(C)c1. The number of fused-ring (bicyclic) bond motifs is 1. The minimum atomic E-state index is -3.77. The van der Waals surface area contributed by atoms with Gasteiger partial charge in [-0.15, -0.1) is 0 Å². The summed E-state index contributed by atoms with van der Waals surface area (Å²) in [6.07, 6.45) is 2.10. The maximum Gasteiger partial charge on any atom is 0.240 e. The van der Waals surface area contributed by atoms with Crippen molar-refractivity contribution in [1.29, 1.82) is 0 Å². The molecule has 28 heavy (non-hydrogen) atoms. The molecule has 2 aromatic carbocycles. The smallest absolute Gasteiger partial charge is 0.240 e. The van der Waals surface area contributed by atoms with Crippen LogP contribution in [0.4, 0.5) is 0 Å². The van der Waals surface area contributed by atoms with E-state index < -0.39 is 15.6 Å². The molecule has 1 aliphatic carbocycles. The number of aryl methyl sites for hydroxylation is 3. The first kappa shape index (κ1) is 20.6. The van der Waals surface area contributed by atoms with Crippen molar-refractivity contribution in [3.05, 3.63) is 52.6 Å². The van der Waals surface area contributed by atoms with Gasteiger partial charge in [0.25, 0.3) is 0 Å². The molecule has 1 aliphatic rings. The highest BCUT2D eigenvalue weighted by molar-refractivity contribution is 7.89. The van der Waals surface area contributed by atoms with Gasteiger partial charge in [0.1, 0.15) is 17.1 Å². The lowest BCUT2D eigenvalue weighted by Crippen LogP contribution is -2.43. The summed E-state index contributed by atoms with van der Waals surface area (Å²) in [5.74, 6) is 1.40. The summed E-state index contributed by atoms with van der Waals surface area (Å²) in [5.41, 5.74) is 1.99. The summed E-state index contributed by atoms with van der Waals surface area (Å²) in [4.78, 5) is 0.165. The Morgan fingerprint density at radius 1 is 1.11 bits per heavy atom. The van der Waals surface area contributed by atoms with Crippen molar-refractivity contribution in [2.75, 3.05) is 20.8 Å². The Hall–Kier alpha value is -2.09. The number of aliphatic hydroxyl groups is 1. The molecule has 0 heterocycles. The van der Waals surface area contributed by atoms with Crippen molar-refractivity contribution in [1.82, 2.24) is 4.72 Å². The number of nitrogens with one attached hydrogen (secondary N) is 1. The summed E-state index contributed by atoms with van der Waals surface area (Å²) < 4.78 is 38.9. The average Bonchev–Trinajstić information content (AvgIpc) is 2.66. The van der Waals surface area contributed by atoms with Gasteiger partial charge in [0.2, 0.25) is 10.0 Å². The van der Waals surface area contributed by atoms with Gasteiger partial charge in [-0.1, -0.05) is 6.07 Å². The molecular weight excluding hydrogens is 378 g/mol. The van der Waals surface area contributed by atoms with Crippen LogP contribution in [-0.2, 0) is 22.0 Å². The van der Waals surface area contributed by atoms with Gasteiger partial charge in [0.05, 0.1) is 19.1 Å². The molecule has 6 nitrogen and oxygen atoms in total. The van der Waals surface area contributed by atoms with Crippen LogP contribution in [0.5, 0.6) is 11.5 Å². The third-order valence-corrected chi connectivity index (χ3v) is 6.73. The third kappa shape index (κ3) is 3.87. The van der Waals surface area contributed by atoms with Crippen LogP contribution >= 0.6 is 0 Å². The molecule has 0 bridgehead atoms. The molecule has 0 amide bonds. The molecule has 0 saturated heterocycles. The first-order valence-electron chi connectivity index (χ1n) is 9.25. The van der Waals surface area contributed by atoms with E-state index in [2.05, 4.69) is 4.72 Å². The van der Waals surface area contributed by atoms with E-state index in [1.54, 1.807) is 32.4 Å². The second kappa shape index (κ2) is 7.73. The second-order valence-electron chi connectivity index (χ2n) is 7.32. The maximum absolute atomic E-state index is 12.9. The van der Waals surface area contributed by atoms with Gasteiger partial charge in [-0.05, 0) is 79.6 Å². The molecule has 7 heteroatoms. The lowest BCUT2D eigenvalue weighted by Gasteiger charge is -2.34. The molecule has 2 N–H and O–H groups in total. The minimum absolute atomic E-state index is 0.0845. The first-order chi connectivity index (χ1) is 13.2. The average molecular weight is 406 g/mol. The van der Waals surface area contributed by atoms with E-state index in [4.69, 9.17) is 9.47 Å².